The Morgan fingerprint density at radius 1 is 1.29 bits per heavy atom. The Hall–Kier alpha value is -1.72. The van der Waals surface area contributed by atoms with Crippen molar-refractivity contribution in [3.8, 4) is 10.6 Å². The van der Waals surface area contributed by atoms with Crippen molar-refractivity contribution in [2.75, 3.05) is 0 Å². The van der Waals surface area contributed by atoms with Crippen molar-refractivity contribution in [1.82, 2.24) is 4.98 Å². The first-order valence-corrected chi connectivity index (χ1v) is 7.52. The first-order chi connectivity index (χ1) is 9.88. The van der Waals surface area contributed by atoms with Crippen LogP contribution in [0.2, 0.25) is 5.02 Å². The summed E-state index contributed by atoms with van der Waals surface area (Å²) in [6, 6.07) is 7.22. The van der Waals surface area contributed by atoms with Crippen molar-refractivity contribution >= 4 is 34.7 Å². The summed E-state index contributed by atoms with van der Waals surface area (Å²) in [6.07, 6.45) is -0.752. The molecule has 1 atom stereocenters. The summed E-state index contributed by atoms with van der Waals surface area (Å²) < 4.78 is 5.11. The van der Waals surface area contributed by atoms with Crippen molar-refractivity contribution in [2.45, 2.75) is 26.9 Å². The lowest BCUT2D eigenvalue weighted by Crippen LogP contribution is -2.21. The zero-order chi connectivity index (χ0) is 15.6. The molecule has 0 amide bonds. The van der Waals surface area contributed by atoms with Crippen LogP contribution in [0.5, 0.6) is 0 Å². The fraction of sp³-hybridized carbons (Fsp3) is 0.267. The molecule has 0 fully saturated rings. The first kappa shape index (κ1) is 15.7. The zero-order valence-electron chi connectivity index (χ0n) is 11.8. The van der Waals surface area contributed by atoms with Crippen LogP contribution in [0, 0.1) is 6.92 Å². The topological polar surface area (TPSA) is 56.3 Å². The number of aryl methyl sites for hydroxylation is 1. The quantitative estimate of drug-likeness (QED) is 0.800. The standard InChI is InChI=1S/C15H14ClNO3S/c1-8-13(15(19)20-10(3)9(2)18)21-14(17-8)11-4-6-12(16)7-5-11/h4-7,10H,1-3H3. The van der Waals surface area contributed by atoms with Gasteiger partial charge in [0.2, 0.25) is 0 Å². The van der Waals surface area contributed by atoms with Gasteiger partial charge in [0.05, 0.1) is 5.69 Å². The molecule has 0 saturated carbocycles. The minimum absolute atomic E-state index is 0.191. The van der Waals surface area contributed by atoms with Gasteiger partial charge in [0.15, 0.2) is 11.9 Å². The second-order valence-electron chi connectivity index (χ2n) is 4.60. The molecule has 2 rings (SSSR count). The van der Waals surface area contributed by atoms with Crippen molar-refractivity contribution < 1.29 is 14.3 Å². The number of benzene rings is 1. The average Bonchev–Trinajstić information content (AvgIpc) is 2.81. The zero-order valence-corrected chi connectivity index (χ0v) is 13.4. The van der Waals surface area contributed by atoms with Crippen LogP contribution < -0.4 is 0 Å². The predicted octanol–water partition coefficient (Wildman–Crippen LogP) is 3.91. The van der Waals surface area contributed by atoms with E-state index in [0.29, 0.717) is 20.6 Å². The van der Waals surface area contributed by atoms with Gasteiger partial charge in [0.25, 0.3) is 0 Å². The number of aromatic nitrogens is 1. The van der Waals surface area contributed by atoms with Gasteiger partial charge in [-0.3, -0.25) is 4.79 Å². The van der Waals surface area contributed by atoms with Crippen LogP contribution in [0.25, 0.3) is 10.6 Å². The van der Waals surface area contributed by atoms with Gasteiger partial charge >= 0.3 is 5.97 Å². The molecule has 1 aromatic heterocycles. The van der Waals surface area contributed by atoms with E-state index >= 15 is 0 Å². The smallest absolute Gasteiger partial charge is 0.350 e. The summed E-state index contributed by atoms with van der Waals surface area (Å²) in [5, 5.41) is 1.36. The molecule has 110 valence electrons. The largest absolute Gasteiger partial charge is 0.450 e. The second-order valence-corrected chi connectivity index (χ2v) is 6.03. The normalized spacial score (nSPS) is 12.0. The maximum Gasteiger partial charge on any atom is 0.350 e. The van der Waals surface area contributed by atoms with Gasteiger partial charge in [0, 0.05) is 10.6 Å². The number of nitrogens with zero attached hydrogens (tertiary/aromatic N) is 1. The SMILES string of the molecule is CC(=O)C(C)OC(=O)c1sc(-c2ccc(Cl)cc2)nc1C. The van der Waals surface area contributed by atoms with E-state index in [4.69, 9.17) is 16.3 Å². The van der Waals surface area contributed by atoms with Crippen LogP contribution in [0.15, 0.2) is 24.3 Å². The van der Waals surface area contributed by atoms with Crippen molar-refractivity contribution in [1.29, 1.82) is 0 Å². The minimum atomic E-state index is -0.752. The molecule has 0 aliphatic carbocycles. The molecule has 0 radical (unpaired) electrons. The van der Waals surface area contributed by atoms with Gasteiger partial charge in [-0.2, -0.15) is 0 Å². The summed E-state index contributed by atoms with van der Waals surface area (Å²) in [6.45, 7) is 4.68. The number of hydrogen-bond acceptors (Lipinski definition) is 5. The van der Waals surface area contributed by atoms with E-state index in [2.05, 4.69) is 4.98 Å². The Labute approximate surface area is 131 Å². The van der Waals surface area contributed by atoms with Gasteiger partial charge in [0.1, 0.15) is 9.88 Å². The number of hydrogen-bond donors (Lipinski definition) is 0. The van der Waals surface area contributed by atoms with Gasteiger partial charge in [-0.05, 0) is 32.9 Å². The van der Waals surface area contributed by atoms with Crippen LogP contribution >= 0.6 is 22.9 Å². The highest BCUT2D eigenvalue weighted by Crippen LogP contribution is 2.29. The lowest BCUT2D eigenvalue weighted by molar-refractivity contribution is -0.124. The number of carbonyl (C=O) groups excluding carboxylic acids is 2. The van der Waals surface area contributed by atoms with E-state index in [0.717, 1.165) is 5.56 Å². The maximum atomic E-state index is 12.1. The number of carbonyl (C=O) groups is 2. The first-order valence-electron chi connectivity index (χ1n) is 6.33. The third-order valence-corrected chi connectivity index (χ3v) is 4.37. The van der Waals surface area contributed by atoms with E-state index in [-0.39, 0.29) is 5.78 Å². The Bertz CT molecular complexity index is 679. The van der Waals surface area contributed by atoms with Crippen molar-refractivity contribution in [3.05, 3.63) is 39.9 Å². The van der Waals surface area contributed by atoms with Crippen LogP contribution in [-0.4, -0.2) is 22.8 Å². The molecule has 0 aliphatic rings. The third-order valence-electron chi connectivity index (χ3n) is 2.93. The van der Waals surface area contributed by atoms with Crippen molar-refractivity contribution in [2.24, 2.45) is 0 Å². The van der Waals surface area contributed by atoms with Gasteiger partial charge in [-0.1, -0.05) is 23.7 Å². The number of thiazole rings is 1. The highest BCUT2D eigenvalue weighted by Gasteiger charge is 2.21. The van der Waals surface area contributed by atoms with Gasteiger partial charge in [-0.25, -0.2) is 9.78 Å². The fourth-order valence-electron chi connectivity index (χ4n) is 1.60. The molecule has 2 aromatic rings. The molecule has 0 aliphatic heterocycles. The number of ether oxygens (including phenoxy) is 1. The summed E-state index contributed by atoms with van der Waals surface area (Å²) >= 11 is 7.09. The molecule has 0 spiro atoms. The fourth-order valence-corrected chi connectivity index (χ4v) is 2.68. The highest BCUT2D eigenvalue weighted by molar-refractivity contribution is 7.17. The monoisotopic (exact) mass is 323 g/mol. The van der Waals surface area contributed by atoms with E-state index in [1.807, 2.05) is 12.1 Å². The Kier molecular flexibility index (Phi) is 4.75. The summed E-state index contributed by atoms with van der Waals surface area (Å²) in [5.41, 5.74) is 1.47. The second kappa shape index (κ2) is 6.37. The van der Waals surface area contributed by atoms with Gasteiger partial charge in [-0.15, -0.1) is 11.3 Å². The number of rotatable bonds is 4. The lowest BCUT2D eigenvalue weighted by atomic mass is 10.2. The Morgan fingerprint density at radius 2 is 1.90 bits per heavy atom. The minimum Gasteiger partial charge on any atom is -0.450 e. The third kappa shape index (κ3) is 3.68. The molecule has 1 unspecified atom stereocenters. The number of ketones is 1. The molecular weight excluding hydrogens is 310 g/mol. The number of Topliss-reactive ketones (excluding diaryl/α,β-unsaturated/α-hetero) is 1. The molecule has 0 N–H and O–H groups in total. The van der Waals surface area contributed by atoms with Crippen molar-refractivity contribution in [3.63, 3.8) is 0 Å². The highest BCUT2D eigenvalue weighted by atomic mass is 35.5. The predicted molar refractivity (Wildman–Crippen MR) is 82.9 cm³/mol. The molecule has 21 heavy (non-hydrogen) atoms. The summed E-state index contributed by atoms with van der Waals surface area (Å²) in [7, 11) is 0. The molecule has 4 nitrogen and oxygen atoms in total. The summed E-state index contributed by atoms with van der Waals surface area (Å²) in [4.78, 5) is 28.0. The molecule has 0 bridgehead atoms. The number of halogens is 1. The van der Waals surface area contributed by atoms with E-state index in [9.17, 15) is 9.59 Å². The van der Waals surface area contributed by atoms with Crippen LogP contribution in [0.1, 0.15) is 29.2 Å². The average molecular weight is 324 g/mol. The maximum absolute atomic E-state index is 12.1. The molecule has 0 saturated heterocycles. The molecular formula is C15H14ClNO3S. The number of esters is 1. The van der Waals surface area contributed by atoms with E-state index in [1.54, 1.807) is 26.0 Å². The molecule has 6 heteroatoms. The summed E-state index contributed by atoms with van der Waals surface area (Å²) in [5.74, 6) is -0.712. The van der Waals surface area contributed by atoms with Crippen LogP contribution in [0.4, 0.5) is 0 Å². The van der Waals surface area contributed by atoms with Gasteiger partial charge < -0.3 is 4.74 Å². The van der Waals surface area contributed by atoms with Crippen LogP contribution in [0.3, 0.4) is 0 Å². The van der Waals surface area contributed by atoms with Crippen LogP contribution in [-0.2, 0) is 9.53 Å². The molecule has 1 heterocycles. The molecule has 1 aromatic carbocycles. The van der Waals surface area contributed by atoms with E-state index in [1.165, 1.54) is 18.3 Å². The lowest BCUT2D eigenvalue weighted by Gasteiger charge is -2.08. The Morgan fingerprint density at radius 3 is 2.48 bits per heavy atom. The van der Waals surface area contributed by atoms with E-state index < -0.39 is 12.1 Å². The Balaban J connectivity index is 2.25.